The zero-order valence-corrected chi connectivity index (χ0v) is 14.6. The van der Waals surface area contributed by atoms with Gasteiger partial charge in [-0.2, -0.15) is 0 Å². The summed E-state index contributed by atoms with van der Waals surface area (Å²) in [6.07, 6.45) is 1.81. The van der Waals surface area contributed by atoms with Gasteiger partial charge >= 0.3 is 0 Å². The van der Waals surface area contributed by atoms with Gasteiger partial charge < -0.3 is 9.32 Å². The Bertz CT molecular complexity index is 918. The second-order valence-electron chi connectivity index (χ2n) is 6.10. The summed E-state index contributed by atoms with van der Waals surface area (Å²) in [6.45, 7) is 2.47. The molecule has 6 heteroatoms. The number of hydrogen-bond donors (Lipinski definition) is 0. The minimum absolute atomic E-state index is 0.0401. The standard InChI is InChI=1S/C19H17FN2O2S/c1-12-15(21-19(24-12)17-5-3-9-25-17)11-18(23)22-8-2-4-13-10-14(20)6-7-16(13)22/h3,5-7,9-10H,2,4,8,11H2,1H3. The molecule has 0 bridgehead atoms. The van der Waals surface area contributed by atoms with Crippen LogP contribution in [0.25, 0.3) is 10.8 Å². The van der Waals surface area contributed by atoms with Crippen molar-refractivity contribution in [3.8, 4) is 10.8 Å². The average Bonchev–Trinajstić information content (AvgIpc) is 3.24. The van der Waals surface area contributed by atoms with Crippen LogP contribution in [0, 0.1) is 12.7 Å². The summed E-state index contributed by atoms with van der Waals surface area (Å²) < 4.78 is 19.1. The van der Waals surface area contributed by atoms with Crippen molar-refractivity contribution in [3.63, 3.8) is 0 Å². The summed E-state index contributed by atoms with van der Waals surface area (Å²) in [7, 11) is 0. The van der Waals surface area contributed by atoms with Crippen LogP contribution in [-0.4, -0.2) is 17.4 Å². The second-order valence-corrected chi connectivity index (χ2v) is 7.05. The third-order valence-electron chi connectivity index (χ3n) is 4.40. The minimum atomic E-state index is -0.263. The highest BCUT2D eigenvalue weighted by molar-refractivity contribution is 7.13. The van der Waals surface area contributed by atoms with Gasteiger partial charge in [-0.05, 0) is 55.0 Å². The zero-order chi connectivity index (χ0) is 17.4. The molecule has 4 nitrogen and oxygen atoms in total. The molecule has 0 saturated heterocycles. The molecule has 1 aliphatic rings. The van der Waals surface area contributed by atoms with Crippen molar-refractivity contribution in [2.24, 2.45) is 0 Å². The van der Waals surface area contributed by atoms with Crippen LogP contribution in [0.2, 0.25) is 0 Å². The monoisotopic (exact) mass is 356 g/mol. The number of carbonyl (C=O) groups excluding carboxylic acids is 1. The fourth-order valence-electron chi connectivity index (χ4n) is 3.16. The molecule has 1 aromatic carbocycles. The lowest BCUT2D eigenvalue weighted by atomic mass is 10.0. The van der Waals surface area contributed by atoms with Gasteiger partial charge in [0.1, 0.15) is 11.6 Å². The summed E-state index contributed by atoms with van der Waals surface area (Å²) in [4.78, 5) is 20.0. The Labute approximate surface area is 148 Å². The first kappa shape index (κ1) is 16.0. The number of anilines is 1. The summed E-state index contributed by atoms with van der Waals surface area (Å²) >= 11 is 1.55. The molecule has 0 radical (unpaired) electrons. The Morgan fingerprint density at radius 2 is 2.28 bits per heavy atom. The molecule has 3 heterocycles. The first-order chi connectivity index (χ1) is 12.1. The van der Waals surface area contributed by atoms with E-state index in [-0.39, 0.29) is 18.1 Å². The number of fused-ring (bicyclic) bond motifs is 1. The maximum atomic E-state index is 13.4. The van der Waals surface area contributed by atoms with Gasteiger partial charge in [0.2, 0.25) is 11.8 Å². The summed E-state index contributed by atoms with van der Waals surface area (Å²) in [6, 6.07) is 8.49. The van der Waals surface area contributed by atoms with Gasteiger partial charge in [0.25, 0.3) is 0 Å². The number of nitrogens with zero attached hydrogens (tertiary/aromatic N) is 2. The maximum Gasteiger partial charge on any atom is 0.236 e. The molecule has 0 unspecified atom stereocenters. The van der Waals surface area contributed by atoms with Crippen molar-refractivity contribution >= 4 is 22.9 Å². The van der Waals surface area contributed by atoms with Crippen LogP contribution < -0.4 is 4.90 Å². The number of amides is 1. The van der Waals surface area contributed by atoms with E-state index in [1.807, 2.05) is 24.4 Å². The number of hydrogen-bond acceptors (Lipinski definition) is 4. The average molecular weight is 356 g/mol. The summed E-state index contributed by atoms with van der Waals surface area (Å²) in [5.41, 5.74) is 2.34. The Kier molecular flexibility index (Phi) is 4.13. The lowest BCUT2D eigenvalue weighted by Gasteiger charge is -2.29. The van der Waals surface area contributed by atoms with E-state index in [1.165, 1.54) is 12.1 Å². The number of benzene rings is 1. The smallest absolute Gasteiger partial charge is 0.236 e. The predicted octanol–water partition coefficient (Wildman–Crippen LogP) is 4.37. The first-order valence-electron chi connectivity index (χ1n) is 8.21. The molecule has 25 heavy (non-hydrogen) atoms. The molecule has 3 aromatic rings. The highest BCUT2D eigenvalue weighted by Crippen LogP contribution is 2.30. The third kappa shape index (κ3) is 3.09. The first-order valence-corrected chi connectivity index (χ1v) is 9.09. The maximum absolute atomic E-state index is 13.4. The van der Waals surface area contributed by atoms with Crippen molar-refractivity contribution in [1.29, 1.82) is 0 Å². The Morgan fingerprint density at radius 1 is 1.40 bits per heavy atom. The van der Waals surface area contributed by atoms with Crippen LogP contribution in [-0.2, 0) is 17.6 Å². The normalized spacial score (nSPS) is 13.8. The minimum Gasteiger partial charge on any atom is -0.440 e. The van der Waals surface area contributed by atoms with Gasteiger partial charge in [-0.15, -0.1) is 11.3 Å². The van der Waals surface area contributed by atoms with Crippen molar-refractivity contribution in [3.05, 3.63) is 58.5 Å². The largest absolute Gasteiger partial charge is 0.440 e. The van der Waals surface area contributed by atoms with E-state index in [1.54, 1.807) is 22.3 Å². The van der Waals surface area contributed by atoms with Crippen LogP contribution in [0.1, 0.15) is 23.4 Å². The van der Waals surface area contributed by atoms with Crippen LogP contribution in [0.15, 0.2) is 40.1 Å². The molecule has 1 amide bonds. The lowest BCUT2D eigenvalue weighted by molar-refractivity contribution is -0.118. The van der Waals surface area contributed by atoms with Gasteiger partial charge in [0.15, 0.2) is 0 Å². The Morgan fingerprint density at radius 3 is 3.08 bits per heavy atom. The van der Waals surface area contributed by atoms with E-state index in [2.05, 4.69) is 4.98 Å². The Balaban J connectivity index is 1.58. The third-order valence-corrected chi connectivity index (χ3v) is 5.26. The van der Waals surface area contributed by atoms with E-state index >= 15 is 0 Å². The van der Waals surface area contributed by atoms with E-state index < -0.39 is 0 Å². The number of oxazole rings is 1. The molecule has 128 valence electrons. The molecular formula is C19H17FN2O2S. The number of carbonyl (C=O) groups is 1. The number of aryl methyl sites for hydroxylation is 2. The SMILES string of the molecule is Cc1oc(-c2cccs2)nc1CC(=O)N1CCCc2cc(F)ccc21. The van der Waals surface area contributed by atoms with Crippen molar-refractivity contribution in [2.75, 3.05) is 11.4 Å². The van der Waals surface area contributed by atoms with E-state index in [9.17, 15) is 9.18 Å². The molecule has 0 spiro atoms. The van der Waals surface area contributed by atoms with Crippen LogP contribution >= 0.6 is 11.3 Å². The van der Waals surface area contributed by atoms with Crippen molar-refractivity contribution in [1.82, 2.24) is 4.98 Å². The van der Waals surface area contributed by atoms with Crippen LogP contribution in [0.5, 0.6) is 0 Å². The van der Waals surface area contributed by atoms with Gasteiger partial charge in [0, 0.05) is 12.2 Å². The fourth-order valence-corrected chi connectivity index (χ4v) is 3.81. The lowest BCUT2D eigenvalue weighted by Crippen LogP contribution is -2.36. The second kappa shape index (κ2) is 6.44. The van der Waals surface area contributed by atoms with Gasteiger partial charge in [-0.25, -0.2) is 9.37 Å². The van der Waals surface area contributed by atoms with Gasteiger partial charge in [-0.1, -0.05) is 6.07 Å². The van der Waals surface area contributed by atoms with E-state index in [4.69, 9.17) is 4.42 Å². The molecule has 0 N–H and O–H groups in total. The molecule has 0 atom stereocenters. The number of aromatic nitrogens is 1. The zero-order valence-electron chi connectivity index (χ0n) is 13.8. The molecular weight excluding hydrogens is 339 g/mol. The molecule has 0 fully saturated rings. The molecule has 0 saturated carbocycles. The molecule has 1 aliphatic heterocycles. The van der Waals surface area contributed by atoms with Gasteiger partial charge in [-0.3, -0.25) is 4.79 Å². The van der Waals surface area contributed by atoms with Crippen molar-refractivity contribution < 1.29 is 13.6 Å². The molecule has 0 aliphatic carbocycles. The topological polar surface area (TPSA) is 46.3 Å². The van der Waals surface area contributed by atoms with E-state index in [0.717, 1.165) is 29.0 Å². The summed E-state index contributed by atoms with van der Waals surface area (Å²) in [5, 5.41) is 1.96. The quantitative estimate of drug-likeness (QED) is 0.700. The molecule has 4 rings (SSSR count). The predicted molar refractivity (Wildman–Crippen MR) is 95.3 cm³/mol. The van der Waals surface area contributed by atoms with Crippen LogP contribution in [0.3, 0.4) is 0 Å². The highest BCUT2D eigenvalue weighted by Gasteiger charge is 2.25. The number of rotatable bonds is 3. The number of halogens is 1. The van der Waals surface area contributed by atoms with Crippen LogP contribution in [0.4, 0.5) is 10.1 Å². The highest BCUT2D eigenvalue weighted by atomic mass is 32.1. The fraction of sp³-hybridized carbons (Fsp3) is 0.263. The molecule has 2 aromatic heterocycles. The number of thiophene rings is 1. The van der Waals surface area contributed by atoms with Crippen molar-refractivity contribution in [2.45, 2.75) is 26.2 Å². The van der Waals surface area contributed by atoms with Gasteiger partial charge in [0.05, 0.1) is 17.0 Å². The Hall–Kier alpha value is -2.47. The van der Waals surface area contributed by atoms with E-state index in [0.29, 0.717) is 23.9 Å². The summed E-state index contributed by atoms with van der Waals surface area (Å²) in [5.74, 6) is 0.909.